The highest BCUT2D eigenvalue weighted by Crippen LogP contribution is 2.18. The molecule has 1 aliphatic heterocycles. The van der Waals surface area contributed by atoms with Gasteiger partial charge in [0.25, 0.3) is 5.91 Å². The van der Waals surface area contributed by atoms with Crippen LogP contribution in [0, 0.1) is 11.3 Å². The van der Waals surface area contributed by atoms with Crippen molar-refractivity contribution in [1.82, 2.24) is 4.90 Å². The zero-order valence-corrected chi connectivity index (χ0v) is 13.2. The van der Waals surface area contributed by atoms with Gasteiger partial charge in [-0.25, -0.2) is 0 Å². The summed E-state index contributed by atoms with van der Waals surface area (Å²) in [6, 6.07) is 18.1. The maximum absolute atomic E-state index is 12.7. The van der Waals surface area contributed by atoms with Crippen LogP contribution in [-0.4, -0.2) is 36.3 Å². The van der Waals surface area contributed by atoms with E-state index in [-0.39, 0.29) is 18.4 Å². The van der Waals surface area contributed by atoms with E-state index in [9.17, 15) is 9.59 Å². The summed E-state index contributed by atoms with van der Waals surface area (Å²) in [5, 5.41) is 8.97. The van der Waals surface area contributed by atoms with Crippen molar-refractivity contribution in [1.29, 1.82) is 5.26 Å². The molecular formula is C19H17N3O2. The van der Waals surface area contributed by atoms with Gasteiger partial charge in [0.1, 0.15) is 6.54 Å². The first-order chi connectivity index (χ1) is 11.7. The molecule has 2 aromatic rings. The molecule has 0 aromatic heterocycles. The molecule has 0 spiro atoms. The van der Waals surface area contributed by atoms with Crippen molar-refractivity contribution >= 4 is 17.5 Å². The third-order valence-corrected chi connectivity index (χ3v) is 4.03. The van der Waals surface area contributed by atoms with E-state index in [1.807, 2.05) is 36.4 Å². The quantitative estimate of drug-likeness (QED) is 0.854. The van der Waals surface area contributed by atoms with E-state index >= 15 is 0 Å². The summed E-state index contributed by atoms with van der Waals surface area (Å²) >= 11 is 0. The van der Waals surface area contributed by atoms with Crippen LogP contribution < -0.4 is 4.90 Å². The Morgan fingerprint density at radius 1 is 1.04 bits per heavy atom. The number of rotatable bonds is 2. The van der Waals surface area contributed by atoms with E-state index in [4.69, 9.17) is 5.26 Å². The summed E-state index contributed by atoms with van der Waals surface area (Å²) < 4.78 is 0. The van der Waals surface area contributed by atoms with Gasteiger partial charge in [0.2, 0.25) is 5.91 Å². The average Bonchev–Trinajstić information content (AvgIpc) is 2.83. The summed E-state index contributed by atoms with van der Waals surface area (Å²) in [6.07, 6.45) is 0.713. The first-order valence-electron chi connectivity index (χ1n) is 7.84. The number of para-hydroxylation sites is 1. The Balaban J connectivity index is 1.78. The highest BCUT2D eigenvalue weighted by atomic mass is 16.2. The predicted octanol–water partition coefficient (Wildman–Crippen LogP) is 2.44. The van der Waals surface area contributed by atoms with Gasteiger partial charge < -0.3 is 9.80 Å². The molecule has 0 N–H and O–H groups in total. The fourth-order valence-electron chi connectivity index (χ4n) is 2.83. The Kier molecular flexibility index (Phi) is 4.57. The first-order valence-corrected chi connectivity index (χ1v) is 7.84. The highest BCUT2D eigenvalue weighted by molar-refractivity contribution is 6.01. The second-order valence-corrected chi connectivity index (χ2v) is 5.65. The largest absolute Gasteiger partial charge is 0.329 e. The summed E-state index contributed by atoms with van der Waals surface area (Å²) in [7, 11) is 0. The summed E-state index contributed by atoms with van der Waals surface area (Å²) in [6.45, 7) is 1.15. The van der Waals surface area contributed by atoms with Crippen LogP contribution in [0.3, 0.4) is 0 Å². The van der Waals surface area contributed by atoms with Crippen LogP contribution in [0.5, 0.6) is 0 Å². The molecule has 5 heteroatoms. The van der Waals surface area contributed by atoms with Gasteiger partial charge in [-0.15, -0.1) is 0 Å². The molecular weight excluding hydrogens is 302 g/mol. The van der Waals surface area contributed by atoms with Gasteiger partial charge in [-0.3, -0.25) is 9.59 Å². The molecule has 1 fully saturated rings. The summed E-state index contributed by atoms with van der Waals surface area (Å²) in [5.41, 5.74) is 1.73. The minimum Gasteiger partial charge on any atom is -0.329 e. The maximum Gasteiger partial charge on any atom is 0.254 e. The molecule has 2 aromatic carbocycles. The fraction of sp³-hybridized carbons (Fsp3) is 0.211. The predicted molar refractivity (Wildman–Crippen MR) is 90.5 cm³/mol. The molecule has 1 heterocycles. The molecule has 5 nitrogen and oxygen atoms in total. The number of carbonyl (C=O) groups is 2. The number of hydrogen-bond acceptors (Lipinski definition) is 3. The van der Waals surface area contributed by atoms with Gasteiger partial charge in [0.15, 0.2) is 0 Å². The van der Waals surface area contributed by atoms with Crippen LogP contribution in [0.4, 0.5) is 5.69 Å². The highest BCUT2D eigenvalue weighted by Gasteiger charge is 2.26. The molecule has 24 heavy (non-hydrogen) atoms. The smallest absolute Gasteiger partial charge is 0.254 e. The van der Waals surface area contributed by atoms with E-state index in [0.29, 0.717) is 30.6 Å². The van der Waals surface area contributed by atoms with E-state index in [1.165, 1.54) is 0 Å². The number of amides is 2. The zero-order chi connectivity index (χ0) is 16.9. The van der Waals surface area contributed by atoms with E-state index in [2.05, 4.69) is 0 Å². The second kappa shape index (κ2) is 6.97. The van der Waals surface area contributed by atoms with Crippen LogP contribution in [0.25, 0.3) is 0 Å². The number of carbonyl (C=O) groups excluding carboxylic acids is 2. The fourth-order valence-corrected chi connectivity index (χ4v) is 2.83. The summed E-state index contributed by atoms with van der Waals surface area (Å²) in [4.78, 5) is 28.5. The lowest BCUT2D eigenvalue weighted by Crippen LogP contribution is -2.39. The Hall–Kier alpha value is -3.13. The SMILES string of the molecule is N#Cc1cccc(C(=O)N2CCCN(c3ccccc3)C(=O)C2)c1. The minimum absolute atomic E-state index is 0.0461. The van der Waals surface area contributed by atoms with Crippen LogP contribution in [0.1, 0.15) is 22.3 Å². The van der Waals surface area contributed by atoms with Crippen LogP contribution in [0.2, 0.25) is 0 Å². The minimum atomic E-state index is -0.213. The number of nitriles is 1. The lowest BCUT2D eigenvalue weighted by molar-refractivity contribution is -0.118. The maximum atomic E-state index is 12.7. The van der Waals surface area contributed by atoms with Crippen molar-refractivity contribution in [2.75, 3.05) is 24.5 Å². The molecule has 120 valence electrons. The zero-order valence-electron chi connectivity index (χ0n) is 13.2. The van der Waals surface area contributed by atoms with Gasteiger partial charge in [-0.1, -0.05) is 24.3 Å². The Bertz CT molecular complexity index is 796. The van der Waals surface area contributed by atoms with E-state index in [0.717, 1.165) is 5.69 Å². The van der Waals surface area contributed by atoms with Gasteiger partial charge in [-0.2, -0.15) is 5.26 Å². The normalized spacial score (nSPS) is 14.9. The Morgan fingerprint density at radius 2 is 1.83 bits per heavy atom. The number of benzene rings is 2. The molecule has 0 unspecified atom stereocenters. The van der Waals surface area contributed by atoms with Gasteiger partial charge >= 0.3 is 0 Å². The monoisotopic (exact) mass is 319 g/mol. The lowest BCUT2D eigenvalue weighted by atomic mass is 10.1. The van der Waals surface area contributed by atoms with Crippen molar-refractivity contribution in [2.45, 2.75) is 6.42 Å². The third kappa shape index (κ3) is 3.28. The molecule has 0 saturated carbocycles. The Labute approximate surface area is 140 Å². The van der Waals surface area contributed by atoms with E-state index < -0.39 is 0 Å². The topological polar surface area (TPSA) is 64.4 Å². The van der Waals surface area contributed by atoms with E-state index in [1.54, 1.807) is 34.1 Å². The Morgan fingerprint density at radius 3 is 2.58 bits per heavy atom. The molecule has 3 rings (SSSR count). The molecule has 0 bridgehead atoms. The molecule has 1 aliphatic rings. The van der Waals surface area contributed by atoms with Gasteiger partial charge in [0.05, 0.1) is 11.6 Å². The van der Waals surface area contributed by atoms with Crippen LogP contribution >= 0.6 is 0 Å². The average molecular weight is 319 g/mol. The first kappa shape index (κ1) is 15.8. The standard InChI is InChI=1S/C19H17N3O2/c20-13-15-6-4-7-16(12-15)19(24)21-10-5-11-22(18(23)14-21)17-8-2-1-3-9-17/h1-4,6-9,12H,5,10-11,14H2. The molecule has 0 radical (unpaired) electrons. The van der Waals surface area contributed by atoms with Crippen molar-refractivity contribution in [3.8, 4) is 6.07 Å². The molecule has 2 amide bonds. The third-order valence-electron chi connectivity index (χ3n) is 4.03. The number of nitrogens with zero attached hydrogens (tertiary/aromatic N) is 3. The molecule has 0 atom stereocenters. The van der Waals surface area contributed by atoms with Crippen molar-refractivity contribution in [3.63, 3.8) is 0 Å². The summed E-state index contributed by atoms with van der Waals surface area (Å²) in [5.74, 6) is -0.307. The van der Waals surface area contributed by atoms with Crippen molar-refractivity contribution in [2.24, 2.45) is 0 Å². The molecule has 0 aliphatic carbocycles. The number of anilines is 1. The van der Waals surface area contributed by atoms with Gasteiger partial charge in [-0.05, 0) is 36.8 Å². The van der Waals surface area contributed by atoms with Crippen LogP contribution in [-0.2, 0) is 4.79 Å². The van der Waals surface area contributed by atoms with Crippen molar-refractivity contribution < 1.29 is 9.59 Å². The molecule has 1 saturated heterocycles. The lowest BCUT2D eigenvalue weighted by Gasteiger charge is -2.22. The van der Waals surface area contributed by atoms with Crippen molar-refractivity contribution in [3.05, 3.63) is 65.7 Å². The van der Waals surface area contributed by atoms with Gasteiger partial charge in [0, 0.05) is 24.3 Å². The second-order valence-electron chi connectivity index (χ2n) is 5.65. The number of hydrogen-bond donors (Lipinski definition) is 0. The van der Waals surface area contributed by atoms with Crippen LogP contribution in [0.15, 0.2) is 54.6 Å².